The summed E-state index contributed by atoms with van der Waals surface area (Å²) in [7, 11) is 0. The molecular weight excluding hydrogens is 428 g/mol. The summed E-state index contributed by atoms with van der Waals surface area (Å²) < 4.78 is 10.6. The van der Waals surface area contributed by atoms with E-state index in [9.17, 15) is 14.4 Å². The first kappa shape index (κ1) is 23.9. The number of ether oxygens (including phenoxy) is 2. The van der Waals surface area contributed by atoms with E-state index < -0.39 is 30.2 Å². The fraction of sp³-hybridized carbons (Fsp3) is 0.458. The van der Waals surface area contributed by atoms with Crippen molar-refractivity contribution in [2.75, 3.05) is 6.61 Å². The molecule has 0 unspecified atom stereocenters. The van der Waals surface area contributed by atoms with Crippen molar-refractivity contribution in [2.45, 2.75) is 58.2 Å². The number of thiophene rings is 1. The number of hydrogen-bond donors (Lipinski definition) is 2. The topological polar surface area (TPSA) is 93.7 Å². The van der Waals surface area contributed by atoms with E-state index in [2.05, 4.69) is 36.6 Å². The molecule has 0 aliphatic carbocycles. The summed E-state index contributed by atoms with van der Waals surface area (Å²) in [6.45, 7) is 5.85. The fourth-order valence-corrected chi connectivity index (χ4v) is 4.25. The van der Waals surface area contributed by atoms with Gasteiger partial charge in [0, 0.05) is 5.38 Å². The predicted octanol–water partition coefficient (Wildman–Crippen LogP) is 3.73. The molecule has 2 heterocycles. The monoisotopic (exact) mass is 458 g/mol. The van der Waals surface area contributed by atoms with Gasteiger partial charge >= 0.3 is 6.09 Å². The third-order valence-corrected chi connectivity index (χ3v) is 6.27. The lowest BCUT2D eigenvalue weighted by atomic mass is 9.80. The Kier molecular flexibility index (Phi) is 8.04. The highest BCUT2D eigenvalue weighted by atomic mass is 32.1. The zero-order valence-electron chi connectivity index (χ0n) is 18.6. The maximum Gasteiger partial charge on any atom is 0.413 e. The van der Waals surface area contributed by atoms with E-state index in [4.69, 9.17) is 9.47 Å². The summed E-state index contributed by atoms with van der Waals surface area (Å²) in [6, 6.07) is 10.2. The van der Waals surface area contributed by atoms with Crippen molar-refractivity contribution in [1.82, 2.24) is 10.6 Å². The van der Waals surface area contributed by atoms with Crippen LogP contribution < -0.4 is 15.4 Å². The van der Waals surface area contributed by atoms with Crippen molar-refractivity contribution in [3.8, 4) is 5.75 Å². The van der Waals surface area contributed by atoms with Gasteiger partial charge in [0.15, 0.2) is 5.78 Å². The van der Waals surface area contributed by atoms with Crippen molar-refractivity contribution in [3.05, 3.63) is 52.7 Å². The van der Waals surface area contributed by atoms with Gasteiger partial charge in [0.1, 0.15) is 24.4 Å². The van der Waals surface area contributed by atoms with Gasteiger partial charge in [0.25, 0.3) is 0 Å². The van der Waals surface area contributed by atoms with Crippen molar-refractivity contribution in [2.24, 2.45) is 5.41 Å². The third kappa shape index (κ3) is 6.90. The van der Waals surface area contributed by atoms with Crippen LogP contribution in [-0.2, 0) is 20.7 Å². The Labute approximate surface area is 192 Å². The molecule has 7 nitrogen and oxygen atoms in total. The number of amides is 2. The fourth-order valence-electron chi connectivity index (χ4n) is 3.69. The van der Waals surface area contributed by atoms with Gasteiger partial charge in [-0.1, -0.05) is 44.2 Å². The van der Waals surface area contributed by atoms with Gasteiger partial charge < -0.3 is 20.1 Å². The van der Waals surface area contributed by atoms with Crippen LogP contribution >= 0.6 is 11.3 Å². The number of nitrogens with one attached hydrogen (secondary N) is 2. The van der Waals surface area contributed by atoms with Crippen LogP contribution in [0, 0.1) is 5.41 Å². The molecule has 2 N–H and O–H groups in total. The minimum atomic E-state index is -0.854. The maximum absolute atomic E-state index is 13.1. The Balaban J connectivity index is 1.67. The third-order valence-electron chi connectivity index (χ3n) is 5.61. The number of benzene rings is 1. The van der Waals surface area contributed by atoms with Crippen LogP contribution in [0.4, 0.5) is 4.79 Å². The SMILES string of the molecule is C[C@@H]1OCC(=O)[C@H]1NC(=O)[C@H](CC(C)(C)CCc1ccccc1)NC(=O)Oc1ccsc1. The lowest BCUT2D eigenvalue weighted by Crippen LogP contribution is -2.54. The van der Waals surface area contributed by atoms with Crippen LogP contribution in [0.15, 0.2) is 47.2 Å². The average Bonchev–Trinajstić information content (AvgIpc) is 3.37. The van der Waals surface area contributed by atoms with E-state index in [1.54, 1.807) is 23.8 Å². The summed E-state index contributed by atoms with van der Waals surface area (Å²) in [5.74, 6) is -0.174. The molecule has 1 aliphatic heterocycles. The number of carbonyl (C=O) groups is 3. The van der Waals surface area contributed by atoms with E-state index in [-0.39, 0.29) is 17.8 Å². The van der Waals surface area contributed by atoms with Crippen molar-refractivity contribution in [1.29, 1.82) is 0 Å². The van der Waals surface area contributed by atoms with E-state index in [0.29, 0.717) is 12.2 Å². The summed E-state index contributed by atoms with van der Waals surface area (Å²) in [4.78, 5) is 37.6. The molecule has 1 aromatic carbocycles. The minimum Gasteiger partial charge on any atom is -0.409 e. The number of aryl methyl sites for hydroxylation is 1. The Bertz CT molecular complexity index is 914. The molecule has 3 rings (SSSR count). The van der Waals surface area contributed by atoms with Crippen LogP contribution in [0.1, 0.15) is 39.2 Å². The number of hydrogen-bond acceptors (Lipinski definition) is 6. The lowest BCUT2D eigenvalue weighted by Gasteiger charge is -2.30. The Morgan fingerprint density at radius 2 is 2.00 bits per heavy atom. The predicted molar refractivity (Wildman–Crippen MR) is 123 cm³/mol. The van der Waals surface area contributed by atoms with Crippen LogP contribution in [0.3, 0.4) is 0 Å². The number of ketones is 1. The molecule has 0 saturated carbocycles. The Hall–Kier alpha value is -2.71. The second-order valence-electron chi connectivity index (χ2n) is 8.87. The molecule has 0 radical (unpaired) electrons. The summed E-state index contributed by atoms with van der Waals surface area (Å²) >= 11 is 1.41. The summed E-state index contributed by atoms with van der Waals surface area (Å²) in [5, 5.41) is 8.95. The zero-order valence-corrected chi connectivity index (χ0v) is 19.4. The molecule has 1 saturated heterocycles. The number of carbonyl (C=O) groups excluding carboxylic acids is 3. The molecule has 1 fully saturated rings. The highest BCUT2D eigenvalue weighted by Crippen LogP contribution is 2.29. The second-order valence-corrected chi connectivity index (χ2v) is 9.65. The largest absolute Gasteiger partial charge is 0.413 e. The standard InChI is InChI=1S/C24H30N2O5S/c1-16-21(20(27)14-30-16)26-22(28)19(25-23(29)31-18-10-12-32-15-18)13-24(2,3)11-9-17-7-5-4-6-8-17/h4-8,10,12,15-16,19,21H,9,11,13-14H2,1-3H3,(H,25,29)(H,26,28)/t16-,19-,21-/m0/s1. The summed E-state index contributed by atoms with van der Waals surface area (Å²) in [6.07, 6.45) is 0.957. The smallest absolute Gasteiger partial charge is 0.409 e. The highest BCUT2D eigenvalue weighted by molar-refractivity contribution is 7.08. The first-order valence-corrected chi connectivity index (χ1v) is 11.7. The van der Waals surface area contributed by atoms with Crippen LogP contribution in [0.2, 0.25) is 0 Å². The van der Waals surface area contributed by atoms with Crippen LogP contribution in [0.25, 0.3) is 0 Å². The first-order valence-electron chi connectivity index (χ1n) is 10.7. The molecule has 32 heavy (non-hydrogen) atoms. The summed E-state index contributed by atoms with van der Waals surface area (Å²) in [5.41, 5.74) is 0.962. The normalized spacial score (nSPS) is 19.4. The highest BCUT2D eigenvalue weighted by Gasteiger charge is 2.37. The number of Topliss-reactive ketones (excluding diaryl/α,β-unsaturated/α-hetero) is 1. The van der Waals surface area contributed by atoms with Gasteiger partial charge in [-0.2, -0.15) is 0 Å². The average molecular weight is 459 g/mol. The van der Waals surface area contributed by atoms with E-state index in [0.717, 1.165) is 12.8 Å². The van der Waals surface area contributed by atoms with Crippen molar-refractivity contribution in [3.63, 3.8) is 0 Å². The Morgan fingerprint density at radius 3 is 2.62 bits per heavy atom. The molecule has 1 aliphatic rings. The van der Waals surface area contributed by atoms with Gasteiger partial charge in [-0.25, -0.2) is 4.79 Å². The van der Waals surface area contributed by atoms with E-state index in [1.807, 2.05) is 18.2 Å². The van der Waals surface area contributed by atoms with Crippen molar-refractivity contribution < 1.29 is 23.9 Å². The molecule has 0 bridgehead atoms. The quantitative estimate of drug-likeness (QED) is 0.597. The van der Waals surface area contributed by atoms with E-state index >= 15 is 0 Å². The molecular formula is C24H30N2O5S. The molecule has 172 valence electrons. The lowest BCUT2D eigenvalue weighted by molar-refractivity contribution is -0.128. The molecule has 3 atom stereocenters. The van der Waals surface area contributed by atoms with Gasteiger partial charge in [-0.3, -0.25) is 9.59 Å². The van der Waals surface area contributed by atoms with Gasteiger partial charge in [-0.15, -0.1) is 11.3 Å². The Morgan fingerprint density at radius 1 is 1.25 bits per heavy atom. The molecule has 2 aromatic rings. The van der Waals surface area contributed by atoms with Gasteiger partial charge in [-0.05, 0) is 48.6 Å². The minimum absolute atomic E-state index is 0.0209. The molecule has 1 aromatic heterocycles. The van der Waals surface area contributed by atoms with Crippen molar-refractivity contribution >= 4 is 29.1 Å². The second kappa shape index (κ2) is 10.7. The number of rotatable bonds is 9. The van der Waals surface area contributed by atoms with Crippen LogP contribution in [-0.4, -0.2) is 42.6 Å². The molecule has 8 heteroatoms. The van der Waals surface area contributed by atoms with Gasteiger partial charge in [0.05, 0.1) is 6.10 Å². The van der Waals surface area contributed by atoms with Crippen LogP contribution in [0.5, 0.6) is 5.75 Å². The molecule has 0 spiro atoms. The van der Waals surface area contributed by atoms with E-state index in [1.165, 1.54) is 16.9 Å². The maximum atomic E-state index is 13.1. The molecule has 2 amide bonds. The van der Waals surface area contributed by atoms with Gasteiger partial charge in [0.2, 0.25) is 5.91 Å². The zero-order chi connectivity index (χ0) is 23.1. The first-order chi connectivity index (χ1) is 15.2.